The van der Waals surface area contributed by atoms with Crippen molar-refractivity contribution in [3.63, 3.8) is 0 Å². The zero-order valence-corrected chi connectivity index (χ0v) is 19.4. The standard InChI is InChI=1S/C25H23N5O3S/c1-16(18-7-4-5-13-26-18)27-19-12-11-17(15-22(19)30(32)33)25(31)29-14-6-9-21(29)24-28-20-8-2-3-10-23(20)34-24/h2-5,7-8,10-13,15-16,21,27H,6,9,14H2,1H3. The Kier molecular flexibility index (Phi) is 5.93. The lowest BCUT2D eigenvalue weighted by atomic mass is 10.1. The van der Waals surface area contributed by atoms with Gasteiger partial charge < -0.3 is 10.2 Å². The minimum Gasteiger partial charge on any atom is -0.371 e. The van der Waals surface area contributed by atoms with Crippen LogP contribution in [0.2, 0.25) is 0 Å². The molecule has 172 valence electrons. The van der Waals surface area contributed by atoms with Gasteiger partial charge in [-0.25, -0.2) is 4.98 Å². The van der Waals surface area contributed by atoms with Gasteiger partial charge in [0.2, 0.25) is 0 Å². The van der Waals surface area contributed by atoms with Crippen LogP contribution in [0.25, 0.3) is 10.2 Å². The average Bonchev–Trinajstić information content (AvgIpc) is 3.51. The number of para-hydroxylation sites is 1. The van der Waals surface area contributed by atoms with Crippen LogP contribution in [0.5, 0.6) is 0 Å². The first-order valence-corrected chi connectivity index (χ1v) is 12.0. The first kappa shape index (κ1) is 22.0. The van der Waals surface area contributed by atoms with Gasteiger partial charge in [0.1, 0.15) is 10.7 Å². The topological polar surface area (TPSA) is 101 Å². The molecule has 9 heteroatoms. The van der Waals surface area contributed by atoms with Crippen LogP contribution in [-0.2, 0) is 0 Å². The number of fused-ring (bicyclic) bond motifs is 1. The van der Waals surface area contributed by atoms with Gasteiger partial charge in [-0.05, 0) is 56.2 Å². The fraction of sp³-hybridized carbons (Fsp3) is 0.240. The quantitative estimate of drug-likeness (QED) is 0.283. The van der Waals surface area contributed by atoms with E-state index in [1.54, 1.807) is 34.6 Å². The predicted molar refractivity (Wildman–Crippen MR) is 132 cm³/mol. The van der Waals surface area contributed by atoms with Crippen LogP contribution < -0.4 is 5.32 Å². The van der Waals surface area contributed by atoms with E-state index in [9.17, 15) is 14.9 Å². The lowest BCUT2D eigenvalue weighted by molar-refractivity contribution is -0.384. The van der Waals surface area contributed by atoms with Gasteiger partial charge in [-0.15, -0.1) is 11.3 Å². The number of pyridine rings is 1. The molecule has 2 aromatic carbocycles. The number of rotatable bonds is 6. The van der Waals surface area contributed by atoms with Crippen LogP contribution in [0.1, 0.15) is 52.9 Å². The number of hydrogen-bond acceptors (Lipinski definition) is 7. The molecule has 0 aliphatic carbocycles. The van der Waals surface area contributed by atoms with Crippen molar-refractivity contribution in [2.75, 3.05) is 11.9 Å². The molecule has 0 bridgehead atoms. The first-order chi connectivity index (χ1) is 16.5. The number of anilines is 1. The molecule has 4 aromatic rings. The Morgan fingerprint density at radius 1 is 1.21 bits per heavy atom. The average molecular weight is 474 g/mol. The van der Waals surface area contributed by atoms with Crippen molar-refractivity contribution in [2.45, 2.75) is 31.8 Å². The van der Waals surface area contributed by atoms with Gasteiger partial charge in [-0.2, -0.15) is 0 Å². The maximum absolute atomic E-state index is 13.4. The molecule has 1 fully saturated rings. The molecule has 1 aliphatic rings. The summed E-state index contributed by atoms with van der Waals surface area (Å²) in [6.45, 7) is 2.49. The van der Waals surface area contributed by atoms with E-state index in [2.05, 4.69) is 10.3 Å². The SMILES string of the molecule is CC(Nc1ccc(C(=O)N2CCCC2c2nc3ccccc3s2)cc1[N+](=O)[O-])c1ccccn1. The van der Waals surface area contributed by atoms with Crippen molar-refractivity contribution in [3.8, 4) is 0 Å². The number of carbonyl (C=O) groups is 1. The van der Waals surface area contributed by atoms with Gasteiger partial charge in [-0.1, -0.05) is 18.2 Å². The summed E-state index contributed by atoms with van der Waals surface area (Å²) in [6.07, 6.45) is 3.38. The molecule has 1 aliphatic heterocycles. The molecule has 8 nitrogen and oxygen atoms in total. The zero-order valence-electron chi connectivity index (χ0n) is 18.5. The Bertz CT molecular complexity index is 1320. The minimum atomic E-state index is -0.459. The van der Waals surface area contributed by atoms with Crippen LogP contribution in [-0.4, -0.2) is 32.2 Å². The molecule has 2 aromatic heterocycles. The van der Waals surface area contributed by atoms with E-state index in [-0.39, 0.29) is 23.7 Å². The van der Waals surface area contributed by atoms with Crippen molar-refractivity contribution in [3.05, 3.63) is 93.2 Å². The molecular formula is C25H23N5O3S. The Morgan fingerprint density at radius 2 is 2.03 bits per heavy atom. The van der Waals surface area contributed by atoms with Gasteiger partial charge >= 0.3 is 0 Å². The molecule has 2 atom stereocenters. The van der Waals surface area contributed by atoms with E-state index < -0.39 is 4.92 Å². The number of nitrogens with zero attached hydrogens (tertiary/aromatic N) is 4. The number of hydrogen-bond donors (Lipinski definition) is 1. The van der Waals surface area contributed by atoms with Crippen molar-refractivity contribution < 1.29 is 9.72 Å². The lowest BCUT2D eigenvalue weighted by Crippen LogP contribution is -2.30. The fourth-order valence-corrected chi connectivity index (χ4v) is 5.46. The highest BCUT2D eigenvalue weighted by Crippen LogP contribution is 2.38. The van der Waals surface area contributed by atoms with Crippen LogP contribution in [0.3, 0.4) is 0 Å². The van der Waals surface area contributed by atoms with Crippen LogP contribution in [0, 0.1) is 10.1 Å². The van der Waals surface area contributed by atoms with E-state index in [0.29, 0.717) is 17.8 Å². The number of thiazole rings is 1. The Labute approximate surface area is 200 Å². The van der Waals surface area contributed by atoms with Crippen molar-refractivity contribution >= 4 is 38.8 Å². The third kappa shape index (κ3) is 4.22. The summed E-state index contributed by atoms with van der Waals surface area (Å²) < 4.78 is 1.09. The molecular weight excluding hydrogens is 450 g/mol. The molecule has 1 saturated heterocycles. The Balaban J connectivity index is 1.40. The summed E-state index contributed by atoms with van der Waals surface area (Å²) in [6, 6.07) is 17.7. The molecule has 0 saturated carbocycles. The molecule has 0 radical (unpaired) electrons. The normalized spacial score (nSPS) is 16.5. The summed E-state index contributed by atoms with van der Waals surface area (Å²) in [5.74, 6) is -0.214. The summed E-state index contributed by atoms with van der Waals surface area (Å²) in [7, 11) is 0. The molecule has 1 amide bonds. The third-order valence-electron chi connectivity index (χ3n) is 6.05. The molecule has 3 heterocycles. The van der Waals surface area contributed by atoms with E-state index in [1.807, 2.05) is 49.4 Å². The van der Waals surface area contributed by atoms with E-state index in [1.165, 1.54) is 6.07 Å². The second kappa shape index (κ2) is 9.18. The van der Waals surface area contributed by atoms with Crippen LogP contribution >= 0.6 is 11.3 Å². The number of nitro benzene ring substituents is 1. The van der Waals surface area contributed by atoms with E-state index in [0.717, 1.165) is 33.8 Å². The molecule has 2 unspecified atom stereocenters. The van der Waals surface area contributed by atoms with Gasteiger partial charge in [0.05, 0.1) is 32.9 Å². The molecule has 5 rings (SSSR count). The second-order valence-corrected chi connectivity index (χ2v) is 9.35. The number of nitro groups is 1. The zero-order chi connectivity index (χ0) is 23.7. The summed E-state index contributed by atoms with van der Waals surface area (Å²) in [4.78, 5) is 35.6. The highest BCUT2D eigenvalue weighted by molar-refractivity contribution is 7.18. The van der Waals surface area contributed by atoms with Gasteiger partial charge in [-0.3, -0.25) is 19.9 Å². The smallest absolute Gasteiger partial charge is 0.293 e. The number of amides is 1. The van der Waals surface area contributed by atoms with Crippen molar-refractivity contribution in [2.24, 2.45) is 0 Å². The van der Waals surface area contributed by atoms with E-state index in [4.69, 9.17) is 4.98 Å². The van der Waals surface area contributed by atoms with Crippen LogP contribution in [0.4, 0.5) is 11.4 Å². The van der Waals surface area contributed by atoms with Gasteiger partial charge in [0, 0.05) is 24.4 Å². The summed E-state index contributed by atoms with van der Waals surface area (Å²) in [5, 5.41) is 15.9. The largest absolute Gasteiger partial charge is 0.371 e. The molecule has 1 N–H and O–H groups in total. The monoisotopic (exact) mass is 473 g/mol. The van der Waals surface area contributed by atoms with E-state index >= 15 is 0 Å². The maximum atomic E-state index is 13.4. The number of nitrogens with one attached hydrogen (secondary N) is 1. The molecule has 34 heavy (non-hydrogen) atoms. The highest BCUT2D eigenvalue weighted by atomic mass is 32.1. The van der Waals surface area contributed by atoms with Crippen molar-refractivity contribution in [1.29, 1.82) is 0 Å². The first-order valence-electron chi connectivity index (χ1n) is 11.1. The minimum absolute atomic E-state index is 0.120. The fourth-order valence-electron chi connectivity index (χ4n) is 4.34. The number of benzene rings is 2. The predicted octanol–water partition coefficient (Wildman–Crippen LogP) is 5.75. The Hall–Kier alpha value is -3.85. The maximum Gasteiger partial charge on any atom is 0.293 e. The number of carbonyl (C=O) groups excluding carboxylic acids is 1. The molecule has 0 spiro atoms. The Morgan fingerprint density at radius 3 is 2.79 bits per heavy atom. The summed E-state index contributed by atoms with van der Waals surface area (Å²) in [5.41, 5.74) is 2.21. The lowest BCUT2D eigenvalue weighted by Gasteiger charge is -2.23. The number of likely N-dealkylation sites (tertiary alicyclic amines) is 1. The van der Waals surface area contributed by atoms with Gasteiger partial charge in [0.25, 0.3) is 11.6 Å². The van der Waals surface area contributed by atoms with Crippen molar-refractivity contribution in [1.82, 2.24) is 14.9 Å². The highest BCUT2D eigenvalue weighted by Gasteiger charge is 2.33. The second-order valence-electron chi connectivity index (χ2n) is 8.29. The third-order valence-corrected chi connectivity index (χ3v) is 7.19. The summed E-state index contributed by atoms with van der Waals surface area (Å²) >= 11 is 1.60. The van der Waals surface area contributed by atoms with Gasteiger partial charge in [0.15, 0.2) is 0 Å². The number of aromatic nitrogens is 2. The van der Waals surface area contributed by atoms with Crippen LogP contribution in [0.15, 0.2) is 66.9 Å².